The van der Waals surface area contributed by atoms with Gasteiger partial charge in [0.1, 0.15) is 30.0 Å². The van der Waals surface area contributed by atoms with E-state index in [1.165, 1.54) is 0 Å². The largest absolute Gasteiger partial charge is 0.497 e. The second-order valence-corrected chi connectivity index (χ2v) is 7.48. The summed E-state index contributed by atoms with van der Waals surface area (Å²) in [6.07, 6.45) is 0.920. The molecule has 0 radical (unpaired) electrons. The molecule has 7 heteroatoms. The molecule has 0 aliphatic heterocycles. The SMILES string of the molecule is COc1cccc(CN(Cc2ccco2)CC(O)COc2ccc(Cl)cc2Cl)c1. The highest BCUT2D eigenvalue weighted by Crippen LogP contribution is 2.27. The van der Waals surface area contributed by atoms with Crippen molar-refractivity contribution in [2.24, 2.45) is 0 Å². The fraction of sp³-hybridized carbons (Fsp3) is 0.273. The van der Waals surface area contributed by atoms with Crippen LogP contribution in [0.15, 0.2) is 65.3 Å². The second-order valence-electron chi connectivity index (χ2n) is 6.64. The summed E-state index contributed by atoms with van der Waals surface area (Å²) in [5.74, 6) is 2.10. The van der Waals surface area contributed by atoms with Crippen LogP contribution >= 0.6 is 23.2 Å². The van der Waals surface area contributed by atoms with Crippen molar-refractivity contribution in [3.63, 3.8) is 0 Å². The fourth-order valence-corrected chi connectivity index (χ4v) is 3.43. The molecule has 1 heterocycles. The normalized spacial score (nSPS) is 12.2. The van der Waals surface area contributed by atoms with Crippen molar-refractivity contribution in [2.45, 2.75) is 19.2 Å². The molecule has 1 unspecified atom stereocenters. The Morgan fingerprint density at radius 2 is 1.93 bits per heavy atom. The Morgan fingerprint density at radius 3 is 2.66 bits per heavy atom. The maximum Gasteiger partial charge on any atom is 0.138 e. The highest BCUT2D eigenvalue weighted by atomic mass is 35.5. The Kier molecular flexibility index (Phi) is 7.83. The maximum absolute atomic E-state index is 10.5. The van der Waals surface area contributed by atoms with Crippen LogP contribution in [0, 0.1) is 0 Å². The van der Waals surface area contributed by atoms with Crippen LogP contribution in [0.25, 0.3) is 0 Å². The van der Waals surface area contributed by atoms with E-state index >= 15 is 0 Å². The van der Waals surface area contributed by atoms with Gasteiger partial charge in [0.05, 0.1) is 24.9 Å². The summed E-state index contributed by atoms with van der Waals surface area (Å²) >= 11 is 12.0. The number of furan rings is 1. The summed E-state index contributed by atoms with van der Waals surface area (Å²) in [4.78, 5) is 2.09. The molecule has 0 bridgehead atoms. The zero-order chi connectivity index (χ0) is 20.6. The predicted octanol–water partition coefficient (Wildman–Crippen LogP) is 5.04. The topological polar surface area (TPSA) is 55.1 Å². The summed E-state index contributed by atoms with van der Waals surface area (Å²) in [7, 11) is 1.64. The van der Waals surface area contributed by atoms with E-state index in [1.54, 1.807) is 31.6 Å². The van der Waals surface area contributed by atoms with Crippen molar-refractivity contribution < 1.29 is 19.0 Å². The minimum absolute atomic E-state index is 0.105. The van der Waals surface area contributed by atoms with Gasteiger partial charge in [0.15, 0.2) is 0 Å². The minimum atomic E-state index is -0.720. The van der Waals surface area contributed by atoms with Crippen molar-refractivity contribution >= 4 is 23.2 Å². The molecule has 1 N–H and O–H groups in total. The van der Waals surface area contributed by atoms with E-state index in [0.29, 0.717) is 35.4 Å². The Balaban J connectivity index is 1.63. The summed E-state index contributed by atoms with van der Waals surface area (Å²) in [6.45, 7) is 1.68. The van der Waals surface area contributed by atoms with Gasteiger partial charge in [-0.15, -0.1) is 0 Å². The summed E-state index contributed by atoms with van der Waals surface area (Å²) in [6, 6.07) is 16.6. The monoisotopic (exact) mass is 435 g/mol. The van der Waals surface area contributed by atoms with Gasteiger partial charge >= 0.3 is 0 Å². The van der Waals surface area contributed by atoms with Gasteiger partial charge in [0, 0.05) is 18.1 Å². The number of methoxy groups -OCH3 is 1. The number of halogens is 2. The molecule has 0 aliphatic rings. The van der Waals surface area contributed by atoms with Crippen LogP contribution in [0.2, 0.25) is 10.0 Å². The third kappa shape index (κ3) is 6.68. The molecule has 0 aliphatic carbocycles. The number of hydrogen-bond donors (Lipinski definition) is 1. The molecule has 3 aromatic rings. The van der Waals surface area contributed by atoms with E-state index in [9.17, 15) is 5.11 Å². The van der Waals surface area contributed by atoms with Crippen molar-refractivity contribution in [3.8, 4) is 11.5 Å². The van der Waals surface area contributed by atoms with Crippen molar-refractivity contribution in [1.82, 2.24) is 4.90 Å². The third-order valence-corrected chi connectivity index (χ3v) is 4.82. The van der Waals surface area contributed by atoms with Gasteiger partial charge in [-0.25, -0.2) is 0 Å². The highest BCUT2D eigenvalue weighted by Gasteiger charge is 2.16. The van der Waals surface area contributed by atoms with E-state index in [4.69, 9.17) is 37.1 Å². The molecule has 154 valence electrons. The van der Waals surface area contributed by atoms with Gasteiger partial charge < -0.3 is 19.0 Å². The summed E-state index contributed by atoms with van der Waals surface area (Å²) in [5, 5.41) is 11.5. The van der Waals surface area contributed by atoms with Gasteiger partial charge in [0.25, 0.3) is 0 Å². The number of aliphatic hydroxyl groups is 1. The summed E-state index contributed by atoms with van der Waals surface area (Å²) < 4.78 is 16.4. The number of nitrogens with zero attached hydrogens (tertiary/aromatic N) is 1. The van der Waals surface area contributed by atoms with Crippen LogP contribution in [0.5, 0.6) is 11.5 Å². The average Bonchev–Trinajstić information content (AvgIpc) is 3.20. The van der Waals surface area contributed by atoms with Crippen LogP contribution in [-0.2, 0) is 13.1 Å². The van der Waals surface area contributed by atoms with Crippen LogP contribution in [-0.4, -0.2) is 36.4 Å². The number of ether oxygens (including phenoxy) is 2. The molecule has 1 atom stereocenters. The second kappa shape index (κ2) is 10.6. The number of rotatable bonds is 10. The average molecular weight is 436 g/mol. The molecule has 1 aromatic heterocycles. The van der Waals surface area contributed by atoms with E-state index in [-0.39, 0.29) is 6.61 Å². The molecule has 0 amide bonds. The minimum Gasteiger partial charge on any atom is -0.497 e. The zero-order valence-corrected chi connectivity index (χ0v) is 17.6. The van der Waals surface area contributed by atoms with Gasteiger partial charge in [0.2, 0.25) is 0 Å². The molecule has 2 aromatic carbocycles. The standard InChI is InChI=1S/C22H23Cl2NO4/c1-27-19-5-2-4-16(10-19)12-25(14-20-6-3-9-28-20)13-18(26)15-29-22-8-7-17(23)11-21(22)24/h2-11,18,26H,12-15H2,1H3. The molecule has 3 rings (SSSR count). The van der Waals surface area contributed by atoms with E-state index < -0.39 is 6.10 Å². The lowest BCUT2D eigenvalue weighted by molar-refractivity contribution is 0.0605. The molecule has 0 saturated heterocycles. The lowest BCUT2D eigenvalue weighted by Crippen LogP contribution is -2.35. The first-order chi connectivity index (χ1) is 14.0. The number of aliphatic hydroxyl groups excluding tert-OH is 1. The molecular formula is C22H23Cl2NO4. The Labute approximate surface area is 180 Å². The van der Waals surface area contributed by atoms with E-state index in [2.05, 4.69) is 4.90 Å². The first-order valence-corrected chi connectivity index (χ1v) is 9.92. The Hall–Kier alpha value is -2.18. The van der Waals surface area contributed by atoms with Crippen molar-refractivity contribution in [2.75, 3.05) is 20.3 Å². The zero-order valence-electron chi connectivity index (χ0n) is 16.1. The molecule has 29 heavy (non-hydrogen) atoms. The third-order valence-electron chi connectivity index (χ3n) is 4.29. The lowest BCUT2D eigenvalue weighted by atomic mass is 10.2. The number of benzene rings is 2. The first-order valence-electron chi connectivity index (χ1n) is 9.17. The van der Waals surface area contributed by atoms with Crippen LogP contribution in [0.4, 0.5) is 0 Å². The van der Waals surface area contributed by atoms with Crippen LogP contribution in [0.3, 0.4) is 0 Å². The molecule has 0 spiro atoms. The smallest absolute Gasteiger partial charge is 0.138 e. The van der Waals surface area contributed by atoms with E-state index in [0.717, 1.165) is 17.1 Å². The van der Waals surface area contributed by atoms with Gasteiger partial charge in [-0.2, -0.15) is 0 Å². The van der Waals surface area contributed by atoms with Crippen LogP contribution < -0.4 is 9.47 Å². The predicted molar refractivity (Wildman–Crippen MR) is 114 cm³/mol. The fourth-order valence-electron chi connectivity index (χ4n) is 2.97. The van der Waals surface area contributed by atoms with Crippen molar-refractivity contribution in [3.05, 3.63) is 82.2 Å². The van der Waals surface area contributed by atoms with Gasteiger partial charge in [-0.1, -0.05) is 35.3 Å². The molecular weight excluding hydrogens is 413 g/mol. The Bertz CT molecular complexity index is 902. The molecule has 5 nitrogen and oxygen atoms in total. The first kappa shape index (κ1) is 21.5. The van der Waals surface area contributed by atoms with Gasteiger partial charge in [-0.05, 0) is 48.0 Å². The van der Waals surface area contributed by atoms with Gasteiger partial charge in [-0.3, -0.25) is 4.90 Å². The lowest BCUT2D eigenvalue weighted by Gasteiger charge is -2.24. The number of hydrogen-bond acceptors (Lipinski definition) is 5. The quantitative estimate of drug-likeness (QED) is 0.483. The van der Waals surface area contributed by atoms with E-state index in [1.807, 2.05) is 36.4 Å². The Morgan fingerprint density at radius 1 is 1.07 bits per heavy atom. The van der Waals surface area contributed by atoms with Crippen molar-refractivity contribution in [1.29, 1.82) is 0 Å². The highest BCUT2D eigenvalue weighted by molar-refractivity contribution is 6.35. The molecule has 0 saturated carbocycles. The maximum atomic E-state index is 10.5. The molecule has 0 fully saturated rings. The van der Waals surface area contributed by atoms with Crippen LogP contribution in [0.1, 0.15) is 11.3 Å². The summed E-state index contributed by atoms with van der Waals surface area (Å²) in [5.41, 5.74) is 1.07.